The van der Waals surface area contributed by atoms with Crippen LogP contribution in [-0.2, 0) is 0 Å². The summed E-state index contributed by atoms with van der Waals surface area (Å²) in [5.41, 5.74) is 0. The van der Waals surface area contributed by atoms with Gasteiger partial charge in [0.15, 0.2) is 0 Å². The Balaban J connectivity index is 2.85. The number of halogens is 1. The molecule has 0 bridgehead atoms. The third-order valence-electron chi connectivity index (χ3n) is 1.16. The number of hydrogen-bond donors (Lipinski definition) is 0. The minimum atomic E-state index is 0.668. The molecule has 0 aromatic carbocycles. The maximum Gasteiger partial charge on any atom is 0.0285 e. The third-order valence-corrected chi connectivity index (χ3v) is 3.15. The lowest BCUT2D eigenvalue weighted by Gasteiger charge is -1.95. The van der Waals surface area contributed by atoms with E-state index in [0.29, 0.717) is 5.92 Å². The molecule has 0 aliphatic rings. The minimum absolute atomic E-state index is 0.668. The van der Waals surface area contributed by atoms with Crippen molar-refractivity contribution in [3.8, 4) is 0 Å². The van der Waals surface area contributed by atoms with Crippen molar-refractivity contribution in [2.24, 2.45) is 0 Å². The monoisotopic (exact) mass is 204 g/mol. The summed E-state index contributed by atoms with van der Waals surface area (Å²) in [4.78, 5) is 1.45. The highest BCUT2D eigenvalue weighted by molar-refractivity contribution is 9.10. The lowest BCUT2D eigenvalue weighted by molar-refractivity contribution is 0.889. The fraction of sp³-hybridized carbons (Fsp3) is 0.429. The van der Waals surface area contributed by atoms with E-state index >= 15 is 0 Å². The molecule has 0 amide bonds. The van der Waals surface area contributed by atoms with Crippen LogP contribution in [0.3, 0.4) is 0 Å². The van der Waals surface area contributed by atoms with Crippen molar-refractivity contribution in [3.05, 3.63) is 20.8 Å². The Morgan fingerprint density at radius 2 is 2.22 bits per heavy atom. The summed E-state index contributed by atoms with van der Waals surface area (Å²) in [6.07, 6.45) is 0. The molecule has 0 aliphatic heterocycles. The summed E-state index contributed by atoms with van der Waals surface area (Å²) in [7, 11) is 0. The van der Waals surface area contributed by atoms with E-state index < -0.39 is 0 Å². The van der Waals surface area contributed by atoms with E-state index in [1.807, 2.05) is 11.3 Å². The second kappa shape index (κ2) is 2.84. The first-order valence-electron chi connectivity index (χ1n) is 2.94. The summed E-state index contributed by atoms with van der Waals surface area (Å²) in [5.74, 6) is 0.668. The van der Waals surface area contributed by atoms with Crippen LogP contribution in [-0.4, -0.2) is 0 Å². The van der Waals surface area contributed by atoms with Gasteiger partial charge >= 0.3 is 0 Å². The van der Waals surface area contributed by atoms with Crippen LogP contribution in [0, 0.1) is 0 Å². The van der Waals surface area contributed by atoms with Gasteiger partial charge in [0.05, 0.1) is 0 Å². The van der Waals surface area contributed by atoms with E-state index in [4.69, 9.17) is 0 Å². The number of rotatable bonds is 1. The van der Waals surface area contributed by atoms with E-state index in [0.717, 1.165) is 0 Å². The first-order valence-corrected chi connectivity index (χ1v) is 4.61. The van der Waals surface area contributed by atoms with Crippen LogP contribution in [0.4, 0.5) is 0 Å². The van der Waals surface area contributed by atoms with Gasteiger partial charge in [-0.05, 0) is 27.9 Å². The van der Waals surface area contributed by atoms with Gasteiger partial charge < -0.3 is 0 Å². The molecule has 0 aliphatic carbocycles. The summed E-state index contributed by atoms with van der Waals surface area (Å²) < 4.78 is 1.20. The molecule has 1 aromatic rings. The Morgan fingerprint density at radius 3 is 2.44 bits per heavy atom. The second-order valence-electron chi connectivity index (χ2n) is 2.32. The van der Waals surface area contributed by atoms with E-state index in [2.05, 4.69) is 41.2 Å². The molecule has 0 N–H and O–H groups in total. The highest BCUT2D eigenvalue weighted by Crippen LogP contribution is 2.25. The van der Waals surface area contributed by atoms with Crippen molar-refractivity contribution in [2.75, 3.05) is 0 Å². The van der Waals surface area contributed by atoms with Crippen LogP contribution < -0.4 is 0 Å². The molecule has 0 fully saturated rings. The summed E-state index contributed by atoms with van der Waals surface area (Å²) in [6.45, 7) is 4.41. The number of thiophene rings is 1. The maximum absolute atomic E-state index is 3.41. The lowest BCUT2D eigenvalue weighted by atomic mass is 10.2. The lowest BCUT2D eigenvalue weighted by Crippen LogP contribution is -1.77. The largest absolute Gasteiger partial charge is 0.147 e. The summed E-state index contributed by atoms with van der Waals surface area (Å²) in [5, 5.41) is 2.12. The quantitative estimate of drug-likeness (QED) is 0.656. The summed E-state index contributed by atoms with van der Waals surface area (Å²) >= 11 is 5.22. The molecule has 0 saturated heterocycles. The molecule has 0 atom stereocenters. The van der Waals surface area contributed by atoms with Gasteiger partial charge in [-0.1, -0.05) is 13.8 Å². The Morgan fingerprint density at radius 1 is 1.56 bits per heavy atom. The molecule has 50 valence electrons. The Labute approximate surface area is 68.0 Å². The first kappa shape index (κ1) is 7.29. The maximum atomic E-state index is 3.41. The zero-order valence-electron chi connectivity index (χ0n) is 5.52. The minimum Gasteiger partial charge on any atom is -0.147 e. The number of hydrogen-bond acceptors (Lipinski definition) is 1. The van der Waals surface area contributed by atoms with Crippen LogP contribution in [0.2, 0.25) is 0 Å². The Bertz CT molecular complexity index is 191. The van der Waals surface area contributed by atoms with E-state index in [1.165, 1.54) is 9.35 Å². The normalized spacial score (nSPS) is 10.7. The average molecular weight is 205 g/mol. The molecule has 2 heteroatoms. The highest BCUT2D eigenvalue weighted by atomic mass is 79.9. The molecule has 0 unspecified atom stereocenters. The van der Waals surface area contributed by atoms with Crippen LogP contribution in [0.1, 0.15) is 24.6 Å². The molecule has 0 saturated carbocycles. The van der Waals surface area contributed by atoms with Crippen LogP contribution in [0.25, 0.3) is 0 Å². The fourth-order valence-electron chi connectivity index (χ4n) is 0.631. The Kier molecular flexibility index (Phi) is 2.30. The van der Waals surface area contributed by atoms with Gasteiger partial charge in [-0.3, -0.25) is 0 Å². The molecule has 9 heavy (non-hydrogen) atoms. The predicted molar refractivity (Wildman–Crippen MR) is 46.1 cm³/mol. The molecule has 1 rings (SSSR count). The van der Waals surface area contributed by atoms with E-state index in [-0.39, 0.29) is 0 Å². The zero-order chi connectivity index (χ0) is 6.85. The predicted octanol–water partition coefficient (Wildman–Crippen LogP) is 3.63. The summed E-state index contributed by atoms with van der Waals surface area (Å²) in [6, 6.07) is 2.18. The van der Waals surface area contributed by atoms with Crippen molar-refractivity contribution in [2.45, 2.75) is 19.8 Å². The topological polar surface area (TPSA) is 0 Å². The van der Waals surface area contributed by atoms with Gasteiger partial charge in [0.25, 0.3) is 0 Å². The molecule has 0 spiro atoms. The molecule has 1 heterocycles. The molecule has 0 nitrogen and oxygen atoms in total. The van der Waals surface area contributed by atoms with E-state index in [9.17, 15) is 0 Å². The van der Waals surface area contributed by atoms with Crippen molar-refractivity contribution in [1.29, 1.82) is 0 Å². The van der Waals surface area contributed by atoms with Gasteiger partial charge in [-0.25, -0.2) is 0 Å². The first-order chi connectivity index (χ1) is 4.20. The van der Waals surface area contributed by atoms with Gasteiger partial charge in [0.1, 0.15) is 0 Å². The van der Waals surface area contributed by atoms with Gasteiger partial charge in [0, 0.05) is 14.7 Å². The van der Waals surface area contributed by atoms with Crippen LogP contribution in [0.5, 0.6) is 0 Å². The van der Waals surface area contributed by atoms with Crippen molar-refractivity contribution in [3.63, 3.8) is 0 Å². The average Bonchev–Trinajstić information content (AvgIpc) is 2.14. The third kappa shape index (κ3) is 1.80. The molecule has 1 aromatic heterocycles. The van der Waals surface area contributed by atoms with Crippen molar-refractivity contribution < 1.29 is 0 Å². The Hall–Kier alpha value is 0.180. The SMILES string of the molecule is CC(C)c1cc(Br)cs1. The zero-order valence-corrected chi connectivity index (χ0v) is 7.92. The van der Waals surface area contributed by atoms with Crippen LogP contribution >= 0.6 is 27.3 Å². The fourth-order valence-corrected chi connectivity index (χ4v) is 2.09. The van der Waals surface area contributed by atoms with Gasteiger partial charge in [0.2, 0.25) is 0 Å². The second-order valence-corrected chi connectivity index (χ2v) is 4.18. The molecule has 0 radical (unpaired) electrons. The van der Waals surface area contributed by atoms with Gasteiger partial charge in [-0.15, -0.1) is 11.3 Å². The van der Waals surface area contributed by atoms with Crippen LogP contribution in [0.15, 0.2) is 15.9 Å². The van der Waals surface area contributed by atoms with Crippen molar-refractivity contribution in [1.82, 2.24) is 0 Å². The van der Waals surface area contributed by atoms with E-state index in [1.54, 1.807) is 0 Å². The van der Waals surface area contributed by atoms with Gasteiger partial charge in [-0.2, -0.15) is 0 Å². The highest BCUT2D eigenvalue weighted by Gasteiger charge is 2.00. The molecular weight excluding hydrogens is 196 g/mol. The molecular formula is C7H9BrS. The smallest absolute Gasteiger partial charge is 0.0285 e. The van der Waals surface area contributed by atoms with Crippen molar-refractivity contribution >= 4 is 27.3 Å². The standard InChI is InChI=1S/C7H9BrS/c1-5(2)7-3-6(8)4-9-7/h3-5H,1-2H3.